The Balaban J connectivity index is 2.02. The Kier molecular flexibility index (Phi) is 6.27. The Bertz CT molecular complexity index is 684. The predicted molar refractivity (Wildman–Crippen MR) is 95.1 cm³/mol. The maximum atomic E-state index is 12.6. The van der Waals surface area contributed by atoms with E-state index in [1.807, 2.05) is 32.0 Å². The lowest BCUT2D eigenvalue weighted by Crippen LogP contribution is -2.44. The highest BCUT2D eigenvalue weighted by molar-refractivity contribution is 7.91. The first-order valence-corrected chi connectivity index (χ1v) is 10.3. The number of aryl methyl sites for hydroxylation is 2. The minimum absolute atomic E-state index is 0.0514. The Labute approximate surface area is 144 Å². The zero-order valence-electron chi connectivity index (χ0n) is 14.7. The van der Waals surface area contributed by atoms with Gasteiger partial charge in [0.25, 0.3) is 5.91 Å². The van der Waals surface area contributed by atoms with Gasteiger partial charge in [-0.25, -0.2) is 8.42 Å². The van der Waals surface area contributed by atoms with E-state index < -0.39 is 9.84 Å². The quantitative estimate of drug-likeness (QED) is 0.755. The van der Waals surface area contributed by atoms with Crippen LogP contribution in [0, 0.1) is 13.8 Å². The van der Waals surface area contributed by atoms with Crippen molar-refractivity contribution in [3.05, 3.63) is 29.3 Å². The third-order valence-corrected chi connectivity index (χ3v) is 6.15. The summed E-state index contributed by atoms with van der Waals surface area (Å²) >= 11 is 0. The first-order chi connectivity index (χ1) is 11.3. The molecule has 24 heavy (non-hydrogen) atoms. The molecule has 1 aromatic carbocycles. The molecule has 0 bridgehead atoms. The van der Waals surface area contributed by atoms with Gasteiger partial charge in [0.05, 0.1) is 11.5 Å². The van der Waals surface area contributed by atoms with Crippen molar-refractivity contribution in [1.29, 1.82) is 0 Å². The van der Waals surface area contributed by atoms with Crippen LogP contribution in [0.3, 0.4) is 0 Å². The molecule has 0 N–H and O–H groups in total. The van der Waals surface area contributed by atoms with Crippen LogP contribution in [-0.4, -0.2) is 49.9 Å². The fourth-order valence-corrected chi connectivity index (χ4v) is 4.77. The molecule has 1 unspecified atom stereocenters. The molecule has 5 nitrogen and oxygen atoms in total. The number of amides is 1. The monoisotopic (exact) mass is 353 g/mol. The molecule has 1 amide bonds. The van der Waals surface area contributed by atoms with Crippen molar-refractivity contribution >= 4 is 15.7 Å². The van der Waals surface area contributed by atoms with Gasteiger partial charge in [0.1, 0.15) is 5.75 Å². The molecule has 0 saturated carbocycles. The molecule has 0 spiro atoms. The van der Waals surface area contributed by atoms with Crippen molar-refractivity contribution in [1.82, 2.24) is 4.90 Å². The van der Waals surface area contributed by atoms with Gasteiger partial charge in [-0.05, 0) is 38.3 Å². The molecule has 0 radical (unpaired) electrons. The SMILES string of the molecule is CCCCN(C(=O)COc1ccc(C)cc1C)C1CCS(=O)(=O)C1. The van der Waals surface area contributed by atoms with Crippen molar-refractivity contribution in [2.45, 2.75) is 46.1 Å². The van der Waals surface area contributed by atoms with Gasteiger partial charge in [0, 0.05) is 12.6 Å². The average molecular weight is 353 g/mol. The summed E-state index contributed by atoms with van der Waals surface area (Å²) in [5.41, 5.74) is 2.14. The summed E-state index contributed by atoms with van der Waals surface area (Å²) in [4.78, 5) is 14.3. The second-order valence-electron chi connectivity index (χ2n) is 6.56. The van der Waals surface area contributed by atoms with Crippen molar-refractivity contribution in [3.8, 4) is 5.75 Å². The molecule has 0 aromatic heterocycles. The van der Waals surface area contributed by atoms with Crippen molar-refractivity contribution in [2.75, 3.05) is 24.7 Å². The molecule has 1 aliphatic rings. The van der Waals surface area contributed by atoms with E-state index in [-0.39, 0.29) is 30.1 Å². The van der Waals surface area contributed by atoms with Crippen LogP contribution in [0.2, 0.25) is 0 Å². The minimum Gasteiger partial charge on any atom is -0.484 e. The Morgan fingerprint density at radius 3 is 2.67 bits per heavy atom. The summed E-state index contributed by atoms with van der Waals surface area (Å²) in [7, 11) is -3.01. The van der Waals surface area contributed by atoms with E-state index in [4.69, 9.17) is 4.74 Å². The van der Waals surface area contributed by atoms with Gasteiger partial charge in [0.15, 0.2) is 16.4 Å². The lowest BCUT2D eigenvalue weighted by molar-refractivity contribution is -0.135. The number of carbonyl (C=O) groups excluding carboxylic acids is 1. The van der Waals surface area contributed by atoms with Crippen LogP contribution >= 0.6 is 0 Å². The number of unbranched alkanes of at least 4 members (excludes halogenated alkanes) is 1. The molecular weight excluding hydrogens is 326 g/mol. The normalized spacial score (nSPS) is 19.2. The van der Waals surface area contributed by atoms with Gasteiger partial charge in [-0.2, -0.15) is 0 Å². The van der Waals surface area contributed by atoms with Gasteiger partial charge in [0.2, 0.25) is 0 Å². The highest BCUT2D eigenvalue weighted by atomic mass is 32.2. The van der Waals surface area contributed by atoms with E-state index in [1.54, 1.807) is 4.90 Å². The number of sulfone groups is 1. The number of carbonyl (C=O) groups is 1. The predicted octanol–water partition coefficient (Wildman–Crippen LogP) is 2.50. The van der Waals surface area contributed by atoms with E-state index in [0.29, 0.717) is 18.7 Å². The topological polar surface area (TPSA) is 63.7 Å². The first-order valence-electron chi connectivity index (χ1n) is 8.52. The van der Waals surface area contributed by atoms with Gasteiger partial charge in [-0.1, -0.05) is 31.0 Å². The molecular formula is C18H27NO4S. The number of hydrogen-bond acceptors (Lipinski definition) is 4. The number of benzene rings is 1. The van der Waals surface area contributed by atoms with Gasteiger partial charge in [-0.15, -0.1) is 0 Å². The molecule has 1 saturated heterocycles. The minimum atomic E-state index is -3.01. The van der Waals surface area contributed by atoms with Crippen molar-refractivity contribution < 1.29 is 17.9 Å². The summed E-state index contributed by atoms with van der Waals surface area (Å²) in [5.74, 6) is 0.811. The number of nitrogens with zero attached hydrogens (tertiary/aromatic N) is 1. The van der Waals surface area contributed by atoms with Crippen LogP contribution in [-0.2, 0) is 14.6 Å². The van der Waals surface area contributed by atoms with Crippen molar-refractivity contribution in [2.24, 2.45) is 0 Å². The fourth-order valence-electron chi connectivity index (χ4n) is 3.04. The lowest BCUT2D eigenvalue weighted by Gasteiger charge is -2.28. The zero-order chi connectivity index (χ0) is 17.7. The Morgan fingerprint density at radius 1 is 1.33 bits per heavy atom. The highest BCUT2D eigenvalue weighted by Crippen LogP contribution is 2.21. The summed E-state index contributed by atoms with van der Waals surface area (Å²) < 4.78 is 29.1. The third kappa shape index (κ3) is 4.97. The van der Waals surface area contributed by atoms with Crippen LogP contribution in [0.1, 0.15) is 37.3 Å². The molecule has 6 heteroatoms. The standard InChI is InChI=1S/C18H27NO4S/c1-4-5-9-19(16-8-10-24(21,22)13-16)18(20)12-23-17-7-6-14(2)11-15(17)3/h6-7,11,16H,4-5,8-10,12-13H2,1-3H3. The van der Waals surface area contributed by atoms with Crippen molar-refractivity contribution in [3.63, 3.8) is 0 Å². The first kappa shape index (κ1) is 18.8. The van der Waals surface area contributed by atoms with E-state index in [9.17, 15) is 13.2 Å². The summed E-state index contributed by atoms with van der Waals surface area (Å²) in [6, 6.07) is 5.62. The highest BCUT2D eigenvalue weighted by Gasteiger charge is 2.34. The Morgan fingerprint density at radius 2 is 2.08 bits per heavy atom. The van der Waals surface area contributed by atoms with Gasteiger partial charge >= 0.3 is 0 Å². The maximum Gasteiger partial charge on any atom is 0.260 e. The average Bonchev–Trinajstić information content (AvgIpc) is 2.86. The van der Waals surface area contributed by atoms with Crippen LogP contribution in [0.15, 0.2) is 18.2 Å². The molecule has 2 rings (SSSR count). The maximum absolute atomic E-state index is 12.6. The van der Waals surface area contributed by atoms with E-state index in [0.717, 1.165) is 24.0 Å². The molecule has 1 fully saturated rings. The molecule has 1 aromatic rings. The second kappa shape index (κ2) is 8.01. The summed E-state index contributed by atoms with van der Waals surface area (Å²) in [5, 5.41) is 0. The number of ether oxygens (including phenoxy) is 1. The van der Waals surface area contributed by atoms with E-state index in [1.165, 1.54) is 0 Å². The third-order valence-electron chi connectivity index (χ3n) is 4.40. The molecule has 1 aliphatic heterocycles. The largest absolute Gasteiger partial charge is 0.484 e. The Hall–Kier alpha value is -1.56. The molecule has 1 atom stereocenters. The van der Waals surface area contributed by atoms with Crippen LogP contribution in [0.4, 0.5) is 0 Å². The number of rotatable bonds is 7. The van der Waals surface area contributed by atoms with Crippen LogP contribution < -0.4 is 4.74 Å². The number of hydrogen-bond donors (Lipinski definition) is 0. The smallest absolute Gasteiger partial charge is 0.260 e. The van der Waals surface area contributed by atoms with Crippen LogP contribution in [0.5, 0.6) is 5.75 Å². The molecule has 134 valence electrons. The molecule has 1 heterocycles. The van der Waals surface area contributed by atoms with Gasteiger partial charge in [-0.3, -0.25) is 4.79 Å². The molecule has 0 aliphatic carbocycles. The summed E-state index contributed by atoms with van der Waals surface area (Å²) in [6.45, 7) is 6.55. The zero-order valence-corrected chi connectivity index (χ0v) is 15.6. The lowest BCUT2D eigenvalue weighted by atomic mass is 10.1. The summed E-state index contributed by atoms with van der Waals surface area (Å²) in [6.07, 6.45) is 2.36. The van der Waals surface area contributed by atoms with E-state index in [2.05, 4.69) is 6.92 Å². The van der Waals surface area contributed by atoms with E-state index >= 15 is 0 Å². The van der Waals surface area contributed by atoms with Crippen LogP contribution in [0.25, 0.3) is 0 Å². The van der Waals surface area contributed by atoms with Gasteiger partial charge < -0.3 is 9.64 Å². The fraction of sp³-hybridized carbons (Fsp3) is 0.611. The second-order valence-corrected chi connectivity index (χ2v) is 8.78.